The Labute approximate surface area is 106 Å². The second kappa shape index (κ2) is 9.01. The first kappa shape index (κ1) is 14.0. The number of aromatic nitrogens is 1. The van der Waals surface area contributed by atoms with Gasteiger partial charge in [-0.25, -0.2) is 0 Å². The number of amides is 1. The van der Waals surface area contributed by atoms with Crippen LogP contribution in [0, 0.1) is 0 Å². The summed E-state index contributed by atoms with van der Waals surface area (Å²) in [6.45, 7) is 0.349. The van der Waals surface area contributed by atoms with Gasteiger partial charge in [-0.2, -0.15) is 11.8 Å². The molecule has 0 unspecified atom stereocenters. The number of carbonyl (C=O) groups is 1. The van der Waals surface area contributed by atoms with Crippen molar-refractivity contribution < 1.29 is 9.90 Å². The van der Waals surface area contributed by atoms with Crippen molar-refractivity contribution in [1.82, 2.24) is 10.3 Å². The number of rotatable bonds is 8. The fourth-order valence-corrected chi connectivity index (χ4v) is 2.20. The van der Waals surface area contributed by atoms with Gasteiger partial charge >= 0.3 is 0 Å². The maximum Gasteiger partial charge on any atom is 0.220 e. The molecule has 0 saturated carbocycles. The zero-order valence-electron chi connectivity index (χ0n) is 9.76. The lowest BCUT2D eigenvalue weighted by Crippen LogP contribution is -2.26. The van der Waals surface area contributed by atoms with E-state index in [1.807, 2.05) is 12.1 Å². The minimum absolute atomic E-state index is 0.000918. The summed E-state index contributed by atoms with van der Waals surface area (Å²) in [7, 11) is 0. The van der Waals surface area contributed by atoms with E-state index in [1.54, 1.807) is 24.2 Å². The summed E-state index contributed by atoms with van der Waals surface area (Å²) < 4.78 is 0. The minimum atomic E-state index is 0.000918. The molecule has 1 aromatic rings. The average molecular weight is 254 g/mol. The first-order valence-electron chi connectivity index (χ1n) is 5.67. The molecule has 17 heavy (non-hydrogen) atoms. The lowest BCUT2D eigenvalue weighted by Gasteiger charge is -2.03. The molecule has 0 aliphatic heterocycles. The van der Waals surface area contributed by atoms with Crippen LogP contribution in [-0.2, 0) is 11.2 Å². The van der Waals surface area contributed by atoms with E-state index in [1.165, 1.54) is 5.56 Å². The average Bonchev–Trinajstić information content (AvgIpc) is 2.37. The van der Waals surface area contributed by atoms with Crippen LogP contribution in [0.15, 0.2) is 24.5 Å². The number of aliphatic hydroxyl groups excluding tert-OH is 1. The van der Waals surface area contributed by atoms with Gasteiger partial charge in [-0.15, -0.1) is 0 Å². The molecular formula is C12H18N2O2S. The molecule has 0 saturated heterocycles. The SMILES string of the molecule is O=C(CCSCCc1ccncc1)NCCO. The Morgan fingerprint density at radius 2 is 2.12 bits per heavy atom. The molecule has 94 valence electrons. The van der Waals surface area contributed by atoms with E-state index in [2.05, 4.69) is 10.3 Å². The maximum atomic E-state index is 11.2. The first-order valence-corrected chi connectivity index (χ1v) is 6.82. The van der Waals surface area contributed by atoms with Crippen molar-refractivity contribution in [1.29, 1.82) is 0 Å². The molecule has 0 radical (unpaired) electrons. The zero-order chi connectivity index (χ0) is 12.3. The molecule has 4 nitrogen and oxygen atoms in total. The van der Waals surface area contributed by atoms with E-state index in [4.69, 9.17) is 5.11 Å². The molecule has 5 heteroatoms. The molecule has 1 amide bonds. The number of aliphatic hydroxyl groups is 1. The van der Waals surface area contributed by atoms with Crippen LogP contribution in [0.2, 0.25) is 0 Å². The molecule has 1 rings (SSSR count). The predicted octanol–water partition coefficient (Wildman–Crippen LogP) is 0.856. The van der Waals surface area contributed by atoms with Gasteiger partial charge in [-0.1, -0.05) is 0 Å². The Hall–Kier alpha value is -1.07. The Kier molecular flexibility index (Phi) is 7.42. The van der Waals surface area contributed by atoms with Crippen LogP contribution < -0.4 is 5.32 Å². The number of pyridine rings is 1. The summed E-state index contributed by atoms with van der Waals surface area (Å²) in [5.74, 6) is 1.84. The van der Waals surface area contributed by atoms with Crippen LogP contribution in [0.3, 0.4) is 0 Å². The molecule has 0 aliphatic carbocycles. The summed E-state index contributed by atoms with van der Waals surface area (Å²) in [5, 5.41) is 11.2. The predicted molar refractivity (Wildman–Crippen MR) is 70.0 cm³/mol. The van der Waals surface area contributed by atoms with Crippen molar-refractivity contribution >= 4 is 17.7 Å². The highest BCUT2D eigenvalue weighted by Crippen LogP contribution is 2.07. The van der Waals surface area contributed by atoms with Crippen LogP contribution in [-0.4, -0.2) is 40.7 Å². The lowest BCUT2D eigenvalue weighted by molar-refractivity contribution is -0.120. The van der Waals surface area contributed by atoms with E-state index in [0.29, 0.717) is 13.0 Å². The number of nitrogens with one attached hydrogen (secondary N) is 1. The maximum absolute atomic E-state index is 11.2. The number of thioether (sulfide) groups is 1. The topological polar surface area (TPSA) is 62.2 Å². The zero-order valence-corrected chi connectivity index (χ0v) is 10.6. The summed E-state index contributed by atoms with van der Waals surface area (Å²) in [6, 6.07) is 4.02. The molecule has 1 heterocycles. The number of hydrogen-bond acceptors (Lipinski definition) is 4. The van der Waals surface area contributed by atoms with Gasteiger partial charge in [0.05, 0.1) is 6.61 Å². The molecule has 0 atom stereocenters. The minimum Gasteiger partial charge on any atom is -0.395 e. The van der Waals surface area contributed by atoms with Gasteiger partial charge in [-0.3, -0.25) is 9.78 Å². The van der Waals surface area contributed by atoms with E-state index in [-0.39, 0.29) is 12.5 Å². The molecule has 0 bridgehead atoms. The summed E-state index contributed by atoms with van der Waals surface area (Å²) in [5.41, 5.74) is 1.28. The van der Waals surface area contributed by atoms with E-state index >= 15 is 0 Å². The quantitative estimate of drug-likeness (QED) is 0.675. The summed E-state index contributed by atoms with van der Waals surface area (Å²) in [4.78, 5) is 15.2. The van der Waals surface area contributed by atoms with Crippen molar-refractivity contribution in [2.45, 2.75) is 12.8 Å². The summed E-state index contributed by atoms with van der Waals surface area (Å²) in [6.07, 6.45) is 5.11. The van der Waals surface area contributed by atoms with Crippen molar-refractivity contribution in [2.75, 3.05) is 24.7 Å². The molecular weight excluding hydrogens is 236 g/mol. The standard InChI is InChI=1S/C12H18N2O2S/c15-8-7-14-12(16)4-10-17-9-3-11-1-5-13-6-2-11/h1-2,5-6,15H,3-4,7-10H2,(H,14,16). The molecule has 0 fully saturated rings. The molecule has 1 aromatic heterocycles. The Bertz CT molecular complexity index is 320. The molecule has 2 N–H and O–H groups in total. The first-order chi connectivity index (χ1) is 8.33. The van der Waals surface area contributed by atoms with E-state index in [9.17, 15) is 4.79 Å². The van der Waals surface area contributed by atoms with Crippen LogP contribution in [0.25, 0.3) is 0 Å². The van der Waals surface area contributed by atoms with Crippen molar-refractivity contribution in [3.8, 4) is 0 Å². The van der Waals surface area contributed by atoms with Crippen LogP contribution in [0.4, 0.5) is 0 Å². The van der Waals surface area contributed by atoms with Gasteiger partial charge in [0.15, 0.2) is 0 Å². The van der Waals surface area contributed by atoms with Gasteiger partial charge < -0.3 is 10.4 Å². The van der Waals surface area contributed by atoms with Crippen molar-refractivity contribution in [2.24, 2.45) is 0 Å². The fourth-order valence-electron chi connectivity index (χ4n) is 1.29. The number of hydrogen-bond donors (Lipinski definition) is 2. The largest absolute Gasteiger partial charge is 0.395 e. The molecule has 0 aliphatic rings. The van der Waals surface area contributed by atoms with Crippen LogP contribution in [0.1, 0.15) is 12.0 Å². The second-order valence-electron chi connectivity index (χ2n) is 3.54. The molecule has 0 spiro atoms. The second-order valence-corrected chi connectivity index (χ2v) is 4.77. The number of nitrogens with zero attached hydrogens (tertiary/aromatic N) is 1. The molecule has 0 aromatic carbocycles. The van der Waals surface area contributed by atoms with Crippen LogP contribution in [0.5, 0.6) is 0 Å². The van der Waals surface area contributed by atoms with Gasteiger partial charge in [0.25, 0.3) is 0 Å². The van der Waals surface area contributed by atoms with Crippen molar-refractivity contribution in [3.63, 3.8) is 0 Å². The summed E-state index contributed by atoms with van der Waals surface area (Å²) >= 11 is 1.77. The highest BCUT2D eigenvalue weighted by Gasteiger charge is 2.00. The highest BCUT2D eigenvalue weighted by atomic mass is 32.2. The number of aryl methyl sites for hydroxylation is 1. The third kappa shape index (κ3) is 6.97. The monoisotopic (exact) mass is 254 g/mol. The van der Waals surface area contributed by atoms with Gasteiger partial charge in [0.1, 0.15) is 0 Å². The third-order valence-corrected chi connectivity index (χ3v) is 3.18. The van der Waals surface area contributed by atoms with Crippen molar-refractivity contribution in [3.05, 3.63) is 30.1 Å². The highest BCUT2D eigenvalue weighted by molar-refractivity contribution is 7.99. The van der Waals surface area contributed by atoms with E-state index in [0.717, 1.165) is 17.9 Å². The van der Waals surface area contributed by atoms with Gasteiger partial charge in [0.2, 0.25) is 5.91 Å². The Morgan fingerprint density at radius 3 is 2.82 bits per heavy atom. The Balaban J connectivity index is 1.99. The number of carbonyl (C=O) groups excluding carboxylic acids is 1. The van der Waals surface area contributed by atoms with Gasteiger partial charge in [-0.05, 0) is 29.9 Å². The fraction of sp³-hybridized carbons (Fsp3) is 0.500. The Morgan fingerprint density at radius 1 is 1.35 bits per heavy atom. The third-order valence-electron chi connectivity index (χ3n) is 2.19. The lowest BCUT2D eigenvalue weighted by atomic mass is 10.2. The normalized spacial score (nSPS) is 10.2. The smallest absolute Gasteiger partial charge is 0.220 e. The van der Waals surface area contributed by atoms with Crippen LogP contribution >= 0.6 is 11.8 Å². The van der Waals surface area contributed by atoms with E-state index < -0.39 is 0 Å². The van der Waals surface area contributed by atoms with Gasteiger partial charge in [0, 0.05) is 31.1 Å².